The maximum atomic E-state index is 12.2. The lowest BCUT2D eigenvalue weighted by Crippen LogP contribution is -2.43. The Labute approximate surface area is 110 Å². The second-order valence-corrected chi connectivity index (χ2v) is 5.55. The number of ether oxygens (including phenoxy) is 1. The largest absolute Gasteiger partial charge is 0.392 e. The molecule has 2 rings (SSSR count). The van der Waals surface area contributed by atoms with Crippen molar-refractivity contribution in [2.45, 2.75) is 63.3 Å². The van der Waals surface area contributed by atoms with E-state index in [2.05, 4.69) is 5.32 Å². The van der Waals surface area contributed by atoms with Crippen LogP contribution in [0.2, 0.25) is 0 Å². The zero-order valence-electron chi connectivity index (χ0n) is 10.8. The topological polar surface area (TPSA) is 38.3 Å². The number of carbonyl (C=O) groups excluding carboxylic acids is 1. The molecule has 0 spiro atoms. The number of nitrogens with one attached hydrogen (secondary N) is 1. The fourth-order valence-electron chi connectivity index (χ4n) is 2.68. The van der Waals surface area contributed by atoms with Crippen molar-refractivity contribution in [2.24, 2.45) is 5.92 Å². The quantitative estimate of drug-likeness (QED) is 0.859. The average Bonchev–Trinajstić information content (AvgIpc) is 2.26. The van der Waals surface area contributed by atoms with Gasteiger partial charge in [-0.3, -0.25) is 4.79 Å². The van der Waals surface area contributed by atoms with Gasteiger partial charge in [-0.15, -0.1) is 0 Å². The molecular formula is C13H20F3NO2. The summed E-state index contributed by atoms with van der Waals surface area (Å²) >= 11 is 0. The minimum atomic E-state index is -4.12. The number of hydrogen-bond acceptors (Lipinski definition) is 2. The lowest BCUT2D eigenvalue weighted by Gasteiger charge is -2.36. The van der Waals surface area contributed by atoms with Gasteiger partial charge in [-0.2, -0.15) is 13.2 Å². The van der Waals surface area contributed by atoms with Crippen LogP contribution in [0.15, 0.2) is 0 Å². The minimum absolute atomic E-state index is 0.0137. The van der Waals surface area contributed by atoms with E-state index in [4.69, 9.17) is 4.74 Å². The first-order valence-corrected chi connectivity index (χ1v) is 6.93. The maximum Gasteiger partial charge on any atom is 0.392 e. The van der Waals surface area contributed by atoms with Crippen molar-refractivity contribution in [2.75, 3.05) is 6.61 Å². The van der Waals surface area contributed by atoms with E-state index in [1.807, 2.05) is 0 Å². The Hall–Kier alpha value is -0.780. The van der Waals surface area contributed by atoms with Crippen molar-refractivity contribution in [1.29, 1.82) is 0 Å². The lowest BCUT2D eigenvalue weighted by molar-refractivity contribution is -0.219. The Kier molecular flexibility index (Phi) is 4.71. The fourth-order valence-corrected chi connectivity index (χ4v) is 2.68. The Balaban J connectivity index is 1.57. The molecule has 0 aliphatic heterocycles. The molecule has 19 heavy (non-hydrogen) atoms. The molecule has 2 saturated carbocycles. The SMILES string of the molecule is O=C(COC1CC(C(F)(F)F)C1)NC1CCCCC1. The molecule has 2 fully saturated rings. The van der Waals surface area contributed by atoms with Gasteiger partial charge in [0.05, 0.1) is 12.0 Å². The summed E-state index contributed by atoms with van der Waals surface area (Å²) in [6, 6.07) is 0.217. The molecule has 1 N–H and O–H groups in total. The summed E-state index contributed by atoms with van der Waals surface area (Å²) in [6.07, 6.45) is 0.887. The first-order valence-electron chi connectivity index (χ1n) is 6.93. The standard InChI is InChI=1S/C13H20F3NO2/c14-13(15,16)9-6-11(7-9)19-8-12(18)17-10-4-2-1-3-5-10/h9-11H,1-8H2,(H,17,18). The summed E-state index contributed by atoms with van der Waals surface area (Å²) in [5.41, 5.74) is 0. The van der Waals surface area contributed by atoms with Gasteiger partial charge in [-0.1, -0.05) is 19.3 Å². The second-order valence-electron chi connectivity index (χ2n) is 5.55. The maximum absolute atomic E-state index is 12.2. The van der Waals surface area contributed by atoms with Crippen LogP contribution in [0.3, 0.4) is 0 Å². The number of halogens is 3. The molecule has 0 heterocycles. The third-order valence-corrected chi connectivity index (χ3v) is 3.98. The Morgan fingerprint density at radius 3 is 2.37 bits per heavy atom. The smallest absolute Gasteiger partial charge is 0.368 e. The number of hydrogen-bond donors (Lipinski definition) is 1. The van der Waals surface area contributed by atoms with Crippen LogP contribution in [0.4, 0.5) is 13.2 Å². The lowest BCUT2D eigenvalue weighted by atomic mass is 9.82. The molecule has 110 valence electrons. The molecular weight excluding hydrogens is 259 g/mol. The van der Waals surface area contributed by atoms with Crippen LogP contribution in [0.5, 0.6) is 0 Å². The predicted molar refractivity (Wildman–Crippen MR) is 63.5 cm³/mol. The monoisotopic (exact) mass is 279 g/mol. The van der Waals surface area contributed by atoms with Crippen molar-refractivity contribution in [1.82, 2.24) is 5.32 Å². The van der Waals surface area contributed by atoms with Gasteiger partial charge < -0.3 is 10.1 Å². The van der Waals surface area contributed by atoms with Crippen LogP contribution in [-0.2, 0) is 9.53 Å². The fraction of sp³-hybridized carbons (Fsp3) is 0.923. The second kappa shape index (κ2) is 6.11. The van der Waals surface area contributed by atoms with Crippen LogP contribution in [0, 0.1) is 5.92 Å². The van der Waals surface area contributed by atoms with E-state index in [9.17, 15) is 18.0 Å². The van der Waals surface area contributed by atoms with Crippen molar-refractivity contribution in [3.63, 3.8) is 0 Å². The number of carbonyl (C=O) groups is 1. The van der Waals surface area contributed by atoms with Crippen molar-refractivity contribution in [3.8, 4) is 0 Å². The molecule has 0 aromatic carbocycles. The summed E-state index contributed by atoms with van der Waals surface area (Å²) in [5.74, 6) is -1.46. The summed E-state index contributed by atoms with van der Waals surface area (Å²) in [4.78, 5) is 11.6. The van der Waals surface area contributed by atoms with Gasteiger partial charge in [0, 0.05) is 6.04 Å². The molecule has 0 radical (unpaired) electrons. The van der Waals surface area contributed by atoms with Gasteiger partial charge in [0.2, 0.25) is 5.91 Å². The number of amides is 1. The molecule has 2 aliphatic carbocycles. The molecule has 1 amide bonds. The number of alkyl halides is 3. The molecule has 6 heteroatoms. The molecule has 0 unspecified atom stereocenters. The van der Waals surface area contributed by atoms with E-state index in [1.54, 1.807) is 0 Å². The van der Waals surface area contributed by atoms with Gasteiger partial charge in [0.25, 0.3) is 0 Å². The van der Waals surface area contributed by atoms with E-state index < -0.39 is 18.2 Å². The highest BCUT2D eigenvalue weighted by Crippen LogP contribution is 2.42. The first-order chi connectivity index (χ1) is 8.95. The predicted octanol–water partition coefficient (Wildman–Crippen LogP) is 2.79. The van der Waals surface area contributed by atoms with Crippen LogP contribution >= 0.6 is 0 Å². The number of rotatable bonds is 4. The zero-order valence-corrected chi connectivity index (χ0v) is 10.8. The molecule has 0 aromatic rings. The molecule has 0 aromatic heterocycles. The normalized spacial score (nSPS) is 28.8. The zero-order chi connectivity index (χ0) is 13.9. The van der Waals surface area contributed by atoms with Crippen LogP contribution in [0.25, 0.3) is 0 Å². The van der Waals surface area contributed by atoms with E-state index in [1.165, 1.54) is 6.42 Å². The highest BCUT2D eigenvalue weighted by atomic mass is 19.4. The van der Waals surface area contributed by atoms with E-state index in [0.29, 0.717) is 0 Å². The molecule has 3 nitrogen and oxygen atoms in total. The molecule has 0 bridgehead atoms. The van der Waals surface area contributed by atoms with Crippen molar-refractivity contribution < 1.29 is 22.7 Å². The van der Waals surface area contributed by atoms with Crippen LogP contribution in [0.1, 0.15) is 44.9 Å². The average molecular weight is 279 g/mol. The Morgan fingerprint density at radius 1 is 1.16 bits per heavy atom. The molecule has 2 aliphatic rings. The van der Waals surface area contributed by atoms with E-state index in [-0.39, 0.29) is 31.4 Å². The minimum Gasteiger partial charge on any atom is -0.368 e. The van der Waals surface area contributed by atoms with E-state index in [0.717, 1.165) is 25.7 Å². The van der Waals surface area contributed by atoms with Gasteiger partial charge in [-0.25, -0.2) is 0 Å². The Bertz CT molecular complexity index is 308. The van der Waals surface area contributed by atoms with Gasteiger partial charge in [0.1, 0.15) is 6.61 Å². The summed E-state index contributed by atoms with van der Waals surface area (Å²) in [5, 5.41) is 2.88. The van der Waals surface area contributed by atoms with E-state index >= 15 is 0 Å². The van der Waals surface area contributed by atoms with Gasteiger partial charge in [-0.05, 0) is 25.7 Å². The van der Waals surface area contributed by atoms with Crippen molar-refractivity contribution >= 4 is 5.91 Å². The molecule has 0 saturated heterocycles. The Morgan fingerprint density at radius 2 is 1.79 bits per heavy atom. The highest BCUT2D eigenvalue weighted by Gasteiger charge is 2.48. The third kappa shape index (κ3) is 4.37. The highest BCUT2D eigenvalue weighted by molar-refractivity contribution is 5.77. The van der Waals surface area contributed by atoms with Gasteiger partial charge in [0.15, 0.2) is 0 Å². The molecule has 0 atom stereocenters. The summed E-state index contributed by atoms with van der Waals surface area (Å²) < 4.78 is 41.9. The third-order valence-electron chi connectivity index (χ3n) is 3.98. The van der Waals surface area contributed by atoms with Crippen molar-refractivity contribution in [3.05, 3.63) is 0 Å². The van der Waals surface area contributed by atoms with Crippen LogP contribution in [-0.4, -0.2) is 30.8 Å². The van der Waals surface area contributed by atoms with Gasteiger partial charge >= 0.3 is 6.18 Å². The first kappa shape index (κ1) is 14.6. The van der Waals surface area contributed by atoms with Crippen LogP contribution < -0.4 is 5.32 Å². The summed E-state index contributed by atoms with van der Waals surface area (Å²) in [7, 11) is 0. The summed E-state index contributed by atoms with van der Waals surface area (Å²) in [6.45, 7) is -0.119.